The Balaban J connectivity index is 2.64. The van der Waals surface area contributed by atoms with Crippen molar-refractivity contribution in [1.29, 1.82) is 0 Å². The molecule has 0 saturated heterocycles. The van der Waals surface area contributed by atoms with Crippen LogP contribution in [0, 0.1) is 5.82 Å². The van der Waals surface area contributed by atoms with E-state index in [2.05, 4.69) is 15.9 Å². The molecule has 0 unspecified atom stereocenters. The van der Waals surface area contributed by atoms with Gasteiger partial charge < -0.3 is 14.2 Å². The molecule has 0 aromatic heterocycles. The smallest absolute Gasteiger partial charge is 0.191 e. The fraction of sp³-hybridized carbons (Fsp3) is 0.500. The number of hydrogen-bond acceptors (Lipinski definition) is 3. The molecule has 0 heterocycles. The highest BCUT2D eigenvalue weighted by atomic mass is 79.9. The summed E-state index contributed by atoms with van der Waals surface area (Å²) >= 11 is 8.89. The third-order valence-corrected chi connectivity index (χ3v) is 2.96. The van der Waals surface area contributed by atoms with Crippen LogP contribution in [0.3, 0.4) is 0 Å². The molecule has 3 nitrogen and oxygen atoms in total. The van der Waals surface area contributed by atoms with Gasteiger partial charge in [0.05, 0.1) is 9.50 Å². The van der Waals surface area contributed by atoms with Crippen molar-refractivity contribution in [3.05, 3.63) is 27.4 Å². The molecule has 0 bridgehead atoms. The molecule has 0 amide bonds. The summed E-state index contributed by atoms with van der Waals surface area (Å²) in [5, 5.41) is 0.0420. The number of benzene rings is 1. The van der Waals surface area contributed by atoms with Gasteiger partial charge in [0.15, 0.2) is 6.29 Å². The first kappa shape index (κ1) is 15.7. The van der Waals surface area contributed by atoms with E-state index in [1.807, 2.05) is 13.8 Å². The van der Waals surface area contributed by atoms with Gasteiger partial charge in [0.1, 0.15) is 18.2 Å². The summed E-state index contributed by atoms with van der Waals surface area (Å²) in [7, 11) is 0. The molecule has 0 atom stereocenters. The van der Waals surface area contributed by atoms with Crippen LogP contribution in [0.2, 0.25) is 5.02 Å². The molecule has 0 aliphatic rings. The Morgan fingerprint density at radius 2 is 1.89 bits per heavy atom. The second-order valence-electron chi connectivity index (χ2n) is 3.35. The van der Waals surface area contributed by atoms with Gasteiger partial charge >= 0.3 is 0 Å². The van der Waals surface area contributed by atoms with E-state index in [0.717, 1.165) is 0 Å². The quantitative estimate of drug-likeness (QED) is 0.554. The third-order valence-electron chi connectivity index (χ3n) is 2.05. The van der Waals surface area contributed by atoms with Gasteiger partial charge in [0, 0.05) is 19.3 Å². The van der Waals surface area contributed by atoms with E-state index in [9.17, 15) is 4.39 Å². The molecule has 18 heavy (non-hydrogen) atoms. The molecule has 0 aliphatic heterocycles. The van der Waals surface area contributed by atoms with Crippen LogP contribution in [0.1, 0.15) is 13.8 Å². The number of hydrogen-bond donors (Lipinski definition) is 0. The summed E-state index contributed by atoms with van der Waals surface area (Å²) in [6.45, 7) is 4.95. The third kappa shape index (κ3) is 4.72. The molecule has 0 saturated carbocycles. The summed E-state index contributed by atoms with van der Waals surface area (Å²) in [6.07, 6.45) is -0.467. The second-order valence-corrected chi connectivity index (χ2v) is 4.61. The Kier molecular flexibility index (Phi) is 6.92. The molecule has 1 rings (SSSR count). The Bertz CT molecular complexity index is 384. The normalized spacial score (nSPS) is 11.0. The Morgan fingerprint density at radius 3 is 2.44 bits per heavy atom. The second kappa shape index (κ2) is 7.94. The molecular weight excluding hydrogens is 326 g/mol. The van der Waals surface area contributed by atoms with Gasteiger partial charge in [0.25, 0.3) is 0 Å². The molecular formula is C12H15BrClFO3. The fourth-order valence-corrected chi connectivity index (χ4v) is 2.04. The van der Waals surface area contributed by atoms with Crippen molar-refractivity contribution in [3.8, 4) is 5.75 Å². The van der Waals surface area contributed by atoms with Crippen LogP contribution in [0.15, 0.2) is 16.6 Å². The van der Waals surface area contributed by atoms with E-state index >= 15 is 0 Å². The molecule has 0 spiro atoms. The van der Waals surface area contributed by atoms with Gasteiger partial charge in [-0.1, -0.05) is 11.6 Å². The number of ether oxygens (including phenoxy) is 3. The van der Waals surface area contributed by atoms with E-state index in [4.69, 9.17) is 25.8 Å². The van der Waals surface area contributed by atoms with Crippen LogP contribution in [0.5, 0.6) is 5.75 Å². The molecule has 6 heteroatoms. The lowest BCUT2D eigenvalue weighted by Gasteiger charge is -2.18. The zero-order valence-electron chi connectivity index (χ0n) is 10.2. The average molecular weight is 342 g/mol. The first-order chi connectivity index (χ1) is 8.58. The lowest BCUT2D eigenvalue weighted by atomic mass is 10.3. The maximum absolute atomic E-state index is 13.3. The van der Waals surface area contributed by atoms with Crippen molar-refractivity contribution < 1.29 is 18.6 Å². The van der Waals surface area contributed by atoms with Crippen molar-refractivity contribution >= 4 is 27.5 Å². The van der Waals surface area contributed by atoms with Gasteiger partial charge in [-0.15, -0.1) is 0 Å². The highest BCUT2D eigenvalue weighted by Gasteiger charge is 2.12. The van der Waals surface area contributed by atoms with E-state index < -0.39 is 12.1 Å². The van der Waals surface area contributed by atoms with Crippen LogP contribution in [-0.2, 0) is 9.47 Å². The van der Waals surface area contributed by atoms with Gasteiger partial charge in [-0.05, 0) is 35.8 Å². The van der Waals surface area contributed by atoms with Crippen LogP contribution in [-0.4, -0.2) is 26.1 Å². The van der Waals surface area contributed by atoms with Crippen molar-refractivity contribution in [1.82, 2.24) is 0 Å². The predicted octanol–water partition coefficient (Wildman–Crippen LogP) is 4.02. The highest BCUT2D eigenvalue weighted by Crippen LogP contribution is 2.30. The van der Waals surface area contributed by atoms with Gasteiger partial charge in [0.2, 0.25) is 0 Å². The van der Waals surface area contributed by atoms with Crippen molar-refractivity contribution in [2.24, 2.45) is 0 Å². The summed E-state index contributed by atoms with van der Waals surface area (Å²) < 4.78 is 29.9. The number of halogens is 3. The molecule has 0 N–H and O–H groups in total. The first-order valence-electron chi connectivity index (χ1n) is 5.59. The fourth-order valence-electron chi connectivity index (χ4n) is 1.29. The molecule has 0 aliphatic carbocycles. The Morgan fingerprint density at radius 1 is 1.28 bits per heavy atom. The average Bonchev–Trinajstić information content (AvgIpc) is 2.32. The maximum atomic E-state index is 13.3. The molecule has 1 aromatic rings. The zero-order chi connectivity index (χ0) is 13.5. The maximum Gasteiger partial charge on any atom is 0.191 e. The zero-order valence-corrected chi connectivity index (χ0v) is 12.6. The van der Waals surface area contributed by atoms with Crippen LogP contribution >= 0.6 is 27.5 Å². The van der Waals surface area contributed by atoms with Crippen LogP contribution in [0.25, 0.3) is 0 Å². The Labute approximate surface area is 119 Å². The van der Waals surface area contributed by atoms with Gasteiger partial charge in [-0.3, -0.25) is 0 Å². The summed E-state index contributed by atoms with van der Waals surface area (Å²) in [5.74, 6) is -0.166. The van der Waals surface area contributed by atoms with Gasteiger partial charge in [-0.2, -0.15) is 0 Å². The first-order valence-corrected chi connectivity index (χ1v) is 6.76. The number of rotatable bonds is 7. The van der Waals surface area contributed by atoms with Crippen molar-refractivity contribution in [3.63, 3.8) is 0 Å². The van der Waals surface area contributed by atoms with Crippen LogP contribution < -0.4 is 4.74 Å². The topological polar surface area (TPSA) is 27.7 Å². The molecule has 1 aromatic carbocycles. The minimum atomic E-state index is -0.528. The Hall–Kier alpha value is -0.360. The standard InChI is InChI=1S/C12H15BrClFO3/c1-3-16-12(17-4-2)7-18-11-6-10(15)9(14)5-8(11)13/h5-6,12H,3-4,7H2,1-2H3. The van der Waals surface area contributed by atoms with E-state index in [0.29, 0.717) is 23.4 Å². The monoisotopic (exact) mass is 340 g/mol. The molecule has 0 radical (unpaired) electrons. The van der Waals surface area contributed by atoms with E-state index in [1.165, 1.54) is 12.1 Å². The van der Waals surface area contributed by atoms with E-state index in [-0.39, 0.29) is 11.6 Å². The lowest BCUT2D eigenvalue weighted by Crippen LogP contribution is -2.25. The highest BCUT2D eigenvalue weighted by molar-refractivity contribution is 9.10. The van der Waals surface area contributed by atoms with Crippen molar-refractivity contribution in [2.45, 2.75) is 20.1 Å². The largest absolute Gasteiger partial charge is 0.487 e. The van der Waals surface area contributed by atoms with E-state index in [1.54, 1.807) is 0 Å². The summed E-state index contributed by atoms with van der Waals surface area (Å²) in [4.78, 5) is 0. The summed E-state index contributed by atoms with van der Waals surface area (Å²) in [5.41, 5.74) is 0. The summed E-state index contributed by atoms with van der Waals surface area (Å²) in [6, 6.07) is 2.67. The molecule has 0 fully saturated rings. The lowest BCUT2D eigenvalue weighted by molar-refractivity contribution is -0.152. The van der Waals surface area contributed by atoms with Gasteiger partial charge in [-0.25, -0.2) is 4.39 Å². The SMILES string of the molecule is CCOC(COc1cc(F)c(Cl)cc1Br)OCC. The molecule has 102 valence electrons. The minimum Gasteiger partial charge on any atom is -0.487 e. The van der Waals surface area contributed by atoms with Crippen molar-refractivity contribution in [2.75, 3.05) is 19.8 Å². The minimum absolute atomic E-state index is 0.0420. The predicted molar refractivity (Wildman–Crippen MR) is 71.6 cm³/mol. The van der Waals surface area contributed by atoms with Crippen LogP contribution in [0.4, 0.5) is 4.39 Å².